The van der Waals surface area contributed by atoms with Crippen LogP contribution in [-0.4, -0.2) is 37.4 Å². The molecule has 1 aromatic heterocycles. The number of carbonyl (C=O) groups is 1. The molecule has 8 heteroatoms. The van der Waals surface area contributed by atoms with E-state index in [1.54, 1.807) is 48.1 Å². The summed E-state index contributed by atoms with van der Waals surface area (Å²) in [6.45, 7) is 3.04. The Morgan fingerprint density at radius 1 is 1.14 bits per heavy atom. The molecule has 0 fully saturated rings. The van der Waals surface area contributed by atoms with Crippen LogP contribution >= 0.6 is 11.3 Å². The Balaban J connectivity index is 1.79. The molecule has 0 N–H and O–H groups in total. The fourth-order valence-corrected chi connectivity index (χ4v) is 3.73. The van der Waals surface area contributed by atoms with E-state index in [0.29, 0.717) is 35.8 Å². The van der Waals surface area contributed by atoms with Gasteiger partial charge < -0.3 is 18.8 Å². The summed E-state index contributed by atoms with van der Waals surface area (Å²) < 4.78 is 32.6. The molecule has 0 unspecified atom stereocenters. The van der Waals surface area contributed by atoms with Crippen molar-refractivity contribution in [3.8, 4) is 11.5 Å². The first-order valence-electron chi connectivity index (χ1n) is 8.82. The Kier molecular flexibility index (Phi) is 6.78. The first-order chi connectivity index (χ1) is 13.6. The van der Waals surface area contributed by atoms with Crippen LogP contribution in [0.1, 0.15) is 6.92 Å². The Labute approximate surface area is 165 Å². The Morgan fingerprint density at radius 3 is 2.54 bits per heavy atom. The number of halogens is 1. The Bertz CT molecular complexity index is 1010. The summed E-state index contributed by atoms with van der Waals surface area (Å²) >= 11 is 1.25. The van der Waals surface area contributed by atoms with Crippen LogP contribution in [-0.2, 0) is 16.1 Å². The molecule has 0 saturated heterocycles. The number of ether oxygens (including phenoxy) is 3. The maximum atomic E-state index is 14.3. The van der Waals surface area contributed by atoms with Crippen LogP contribution in [0.4, 0.5) is 4.39 Å². The van der Waals surface area contributed by atoms with Gasteiger partial charge in [0.2, 0.25) is 0 Å². The number of carbonyl (C=O) groups excluding carboxylic acids is 1. The second-order valence-corrected chi connectivity index (χ2v) is 6.82. The first-order valence-corrected chi connectivity index (χ1v) is 9.64. The molecule has 1 heterocycles. The number of amides is 1. The summed E-state index contributed by atoms with van der Waals surface area (Å²) in [6, 6.07) is 11.8. The quantitative estimate of drug-likeness (QED) is 0.577. The van der Waals surface area contributed by atoms with E-state index >= 15 is 0 Å². The monoisotopic (exact) mass is 404 g/mol. The number of para-hydroxylation sites is 1. The van der Waals surface area contributed by atoms with Gasteiger partial charge in [-0.05, 0) is 43.3 Å². The van der Waals surface area contributed by atoms with Crippen LogP contribution in [0.25, 0.3) is 10.2 Å². The minimum atomic E-state index is -0.452. The molecule has 0 atom stereocenters. The molecule has 0 aliphatic heterocycles. The van der Waals surface area contributed by atoms with Gasteiger partial charge in [-0.25, -0.2) is 4.39 Å². The van der Waals surface area contributed by atoms with Crippen molar-refractivity contribution in [2.45, 2.75) is 13.5 Å². The van der Waals surface area contributed by atoms with Gasteiger partial charge in [0.05, 0.1) is 23.4 Å². The molecule has 0 spiro atoms. The van der Waals surface area contributed by atoms with Crippen molar-refractivity contribution in [3.63, 3.8) is 0 Å². The number of nitrogens with zero attached hydrogens (tertiary/aromatic N) is 2. The van der Waals surface area contributed by atoms with Crippen LogP contribution in [0, 0.1) is 5.82 Å². The lowest BCUT2D eigenvalue weighted by Gasteiger charge is -2.06. The first kappa shape index (κ1) is 20.0. The van der Waals surface area contributed by atoms with Crippen LogP contribution in [0.15, 0.2) is 47.5 Å². The van der Waals surface area contributed by atoms with Crippen LogP contribution < -0.4 is 14.3 Å². The molecular weight excluding hydrogens is 383 g/mol. The highest BCUT2D eigenvalue weighted by Gasteiger charge is 2.12. The summed E-state index contributed by atoms with van der Waals surface area (Å²) in [5.74, 6) is 0.468. The van der Waals surface area contributed by atoms with E-state index < -0.39 is 5.91 Å². The predicted molar refractivity (Wildman–Crippen MR) is 105 cm³/mol. The van der Waals surface area contributed by atoms with Gasteiger partial charge in [0.1, 0.15) is 17.3 Å². The SMILES string of the molecule is CCOc1ccc(OCC(=O)N=c2sc3cccc(F)c3n2CCOC)cc1. The van der Waals surface area contributed by atoms with Gasteiger partial charge in [0.15, 0.2) is 11.4 Å². The smallest absolute Gasteiger partial charge is 0.286 e. The van der Waals surface area contributed by atoms with Gasteiger partial charge in [0.25, 0.3) is 5.91 Å². The highest BCUT2D eigenvalue weighted by atomic mass is 32.1. The van der Waals surface area contributed by atoms with Crippen molar-refractivity contribution in [1.29, 1.82) is 0 Å². The fraction of sp³-hybridized carbons (Fsp3) is 0.300. The largest absolute Gasteiger partial charge is 0.494 e. The molecule has 148 valence electrons. The zero-order valence-corrected chi connectivity index (χ0v) is 16.5. The number of benzene rings is 2. The molecule has 3 rings (SSSR count). The van der Waals surface area contributed by atoms with Gasteiger partial charge in [-0.1, -0.05) is 17.4 Å². The number of hydrogen-bond donors (Lipinski definition) is 0. The zero-order valence-electron chi connectivity index (χ0n) is 15.7. The van der Waals surface area contributed by atoms with Crippen molar-refractivity contribution in [2.24, 2.45) is 4.99 Å². The summed E-state index contributed by atoms with van der Waals surface area (Å²) in [7, 11) is 1.57. The molecule has 1 amide bonds. The topological polar surface area (TPSA) is 62.0 Å². The Hall–Kier alpha value is -2.71. The molecule has 28 heavy (non-hydrogen) atoms. The average molecular weight is 404 g/mol. The van der Waals surface area contributed by atoms with Crippen LogP contribution in [0.3, 0.4) is 0 Å². The van der Waals surface area contributed by atoms with Crippen molar-refractivity contribution < 1.29 is 23.4 Å². The average Bonchev–Trinajstić information content (AvgIpc) is 3.04. The summed E-state index contributed by atoms with van der Waals surface area (Å²) in [5.41, 5.74) is 0.420. The maximum absolute atomic E-state index is 14.3. The second-order valence-electron chi connectivity index (χ2n) is 5.81. The minimum Gasteiger partial charge on any atom is -0.494 e. The van der Waals surface area contributed by atoms with E-state index in [1.165, 1.54) is 17.4 Å². The molecule has 0 bridgehead atoms. The molecule has 6 nitrogen and oxygen atoms in total. The van der Waals surface area contributed by atoms with Crippen molar-refractivity contribution in [3.05, 3.63) is 53.1 Å². The summed E-state index contributed by atoms with van der Waals surface area (Å²) in [4.78, 5) is 16.8. The fourth-order valence-electron chi connectivity index (χ4n) is 2.64. The minimum absolute atomic E-state index is 0.213. The number of rotatable bonds is 8. The van der Waals surface area contributed by atoms with E-state index in [9.17, 15) is 9.18 Å². The number of aromatic nitrogens is 1. The third kappa shape index (κ3) is 4.76. The van der Waals surface area contributed by atoms with Gasteiger partial charge in [-0.15, -0.1) is 0 Å². The number of hydrogen-bond acceptors (Lipinski definition) is 5. The predicted octanol–water partition coefficient (Wildman–Crippen LogP) is 3.39. The molecule has 0 saturated carbocycles. The highest BCUT2D eigenvalue weighted by Crippen LogP contribution is 2.20. The van der Waals surface area contributed by atoms with Crippen molar-refractivity contribution in [1.82, 2.24) is 4.57 Å². The Morgan fingerprint density at radius 2 is 1.86 bits per heavy atom. The highest BCUT2D eigenvalue weighted by molar-refractivity contribution is 7.16. The normalized spacial score (nSPS) is 11.8. The molecule has 0 aliphatic rings. The van der Waals surface area contributed by atoms with E-state index in [-0.39, 0.29) is 12.4 Å². The van der Waals surface area contributed by atoms with Gasteiger partial charge in [-0.3, -0.25) is 4.79 Å². The summed E-state index contributed by atoms with van der Waals surface area (Å²) in [5, 5.41) is 0. The van der Waals surface area contributed by atoms with Crippen LogP contribution in [0.5, 0.6) is 11.5 Å². The molecule has 0 aliphatic carbocycles. The van der Waals surface area contributed by atoms with Crippen LogP contribution in [0.2, 0.25) is 0 Å². The molecular formula is C20H21FN2O4S. The number of fused-ring (bicyclic) bond motifs is 1. The lowest BCUT2D eigenvalue weighted by molar-refractivity contribution is -0.120. The van der Waals surface area contributed by atoms with Gasteiger partial charge in [-0.2, -0.15) is 4.99 Å². The van der Waals surface area contributed by atoms with Crippen molar-refractivity contribution >= 4 is 27.5 Å². The molecule has 3 aromatic rings. The van der Waals surface area contributed by atoms with E-state index in [0.717, 1.165) is 10.4 Å². The van der Waals surface area contributed by atoms with E-state index in [4.69, 9.17) is 14.2 Å². The van der Waals surface area contributed by atoms with Gasteiger partial charge in [0, 0.05) is 13.7 Å². The standard InChI is InChI=1S/C20H21FN2O4S/c1-3-26-14-7-9-15(10-8-14)27-13-18(24)22-20-23(11-12-25-2)19-16(21)5-4-6-17(19)28-20/h4-10H,3,11-13H2,1-2H3. The lowest BCUT2D eigenvalue weighted by Crippen LogP contribution is -2.21. The third-order valence-electron chi connectivity index (χ3n) is 3.89. The lowest BCUT2D eigenvalue weighted by atomic mass is 10.3. The maximum Gasteiger partial charge on any atom is 0.286 e. The zero-order chi connectivity index (χ0) is 19.9. The second kappa shape index (κ2) is 9.48. The molecule has 0 radical (unpaired) electrons. The van der Waals surface area contributed by atoms with Gasteiger partial charge >= 0.3 is 0 Å². The third-order valence-corrected chi connectivity index (χ3v) is 4.93. The summed E-state index contributed by atoms with van der Waals surface area (Å²) in [6.07, 6.45) is 0. The van der Waals surface area contributed by atoms with Crippen molar-refractivity contribution in [2.75, 3.05) is 26.9 Å². The van der Waals surface area contributed by atoms with E-state index in [2.05, 4.69) is 4.99 Å². The number of methoxy groups -OCH3 is 1. The molecule has 2 aromatic carbocycles. The van der Waals surface area contributed by atoms with E-state index in [1.807, 2.05) is 6.92 Å². The number of thiazole rings is 1.